The van der Waals surface area contributed by atoms with Crippen molar-refractivity contribution < 1.29 is 23.9 Å². The first-order valence-corrected chi connectivity index (χ1v) is 11.2. The maximum atomic E-state index is 12.8. The van der Waals surface area contributed by atoms with Crippen LogP contribution in [0, 0.1) is 6.92 Å². The molecule has 0 unspecified atom stereocenters. The van der Waals surface area contributed by atoms with E-state index in [0.29, 0.717) is 29.4 Å². The first kappa shape index (κ1) is 23.3. The molecular formula is C24H26N2O5S. The fourth-order valence-corrected chi connectivity index (χ4v) is 4.49. The van der Waals surface area contributed by atoms with Crippen LogP contribution in [0.1, 0.15) is 46.0 Å². The van der Waals surface area contributed by atoms with Gasteiger partial charge in [0, 0.05) is 29.6 Å². The Bertz CT molecular complexity index is 1100. The van der Waals surface area contributed by atoms with Gasteiger partial charge in [0.1, 0.15) is 16.3 Å². The van der Waals surface area contributed by atoms with E-state index < -0.39 is 5.97 Å². The average Bonchev–Trinajstić information content (AvgIpc) is 3.36. The lowest BCUT2D eigenvalue weighted by molar-refractivity contribution is -0.116. The van der Waals surface area contributed by atoms with Crippen LogP contribution in [0.25, 0.3) is 11.1 Å². The lowest BCUT2D eigenvalue weighted by Gasteiger charge is -2.10. The molecule has 0 saturated heterocycles. The standard InChI is InChI=1S/C24H26N2O5S/c1-4-30-19-10-8-17(9-11-19)21-16(3)32-23(22(21)24(29)31-5-2)25-20(28)12-14-26-13-6-7-18(26)15-27/h6-11,13,15H,4-5,12,14H2,1-3H3,(H,25,28). The number of anilines is 1. The molecule has 0 atom stereocenters. The van der Waals surface area contributed by atoms with Gasteiger partial charge in [0.15, 0.2) is 6.29 Å². The van der Waals surface area contributed by atoms with Crippen molar-refractivity contribution in [1.29, 1.82) is 0 Å². The molecule has 3 aromatic rings. The summed E-state index contributed by atoms with van der Waals surface area (Å²) in [5, 5.41) is 3.32. The van der Waals surface area contributed by atoms with E-state index in [1.807, 2.05) is 38.1 Å². The van der Waals surface area contributed by atoms with Gasteiger partial charge in [0.05, 0.1) is 18.9 Å². The van der Waals surface area contributed by atoms with Gasteiger partial charge in [0.2, 0.25) is 5.91 Å². The summed E-state index contributed by atoms with van der Waals surface area (Å²) in [7, 11) is 0. The molecule has 0 radical (unpaired) electrons. The normalized spacial score (nSPS) is 10.6. The minimum absolute atomic E-state index is 0.160. The van der Waals surface area contributed by atoms with Crippen LogP contribution >= 0.6 is 11.3 Å². The van der Waals surface area contributed by atoms with E-state index in [1.165, 1.54) is 11.3 Å². The molecule has 1 aromatic carbocycles. The first-order chi connectivity index (χ1) is 15.5. The molecule has 1 N–H and O–H groups in total. The largest absolute Gasteiger partial charge is 0.494 e. The summed E-state index contributed by atoms with van der Waals surface area (Å²) >= 11 is 1.34. The van der Waals surface area contributed by atoms with Crippen molar-refractivity contribution in [3.8, 4) is 16.9 Å². The number of hydrogen-bond donors (Lipinski definition) is 1. The smallest absolute Gasteiger partial charge is 0.341 e. The molecule has 1 amide bonds. The van der Waals surface area contributed by atoms with Crippen LogP contribution in [-0.4, -0.2) is 35.9 Å². The molecule has 0 saturated carbocycles. The molecular weight excluding hydrogens is 428 g/mol. The third-order valence-corrected chi connectivity index (χ3v) is 5.86. The zero-order valence-electron chi connectivity index (χ0n) is 18.3. The number of thiophene rings is 1. The van der Waals surface area contributed by atoms with Crippen LogP contribution in [0.15, 0.2) is 42.6 Å². The van der Waals surface area contributed by atoms with Crippen molar-refractivity contribution in [3.05, 3.63) is 58.7 Å². The summed E-state index contributed by atoms with van der Waals surface area (Å²) in [4.78, 5) is 37.4. The molecule has 0 aliphatic heterocycles. The highest BCUT2D eigenvalue weighted by Gasteiger charge is 2.25. The van der Waals surface area contributed by atoms with E-state index in [9.17, 15) is 14.4 Å². The van der Waals surface area contributed by atoms with Gasteiger partial charge < -0.3 is 19.4 Å². The lowest BCUT2D eigenvalue weighted by atomic mass is 10.0. The Balaban J connectivity index is 1.86. The molecule has 0 spiro atoms. The number of nitrogens with one attached hydrogen (secondary N) is 1. The predicted octanol–water partition coefficient (Wildman–Crippen LogP) is 4.94. The third kappa shape index (κ3) is 5.26. The zero-order chi connectivity index (χ0) is 23.1. The minimum Gasteiger partial charge on any atom is -0.494 e. The number of amides is 1. The Kier molecular flexibility index (Phi) is 7.83. The van der Waals surface area contributed by atoms with Gasteiger partial charge in [-0.3, -0.25) is 9.59 Å². The van der Waals surface area contributed by atoms with Gasteiger partial charge in [-0.15, -0.1) is 11.3 Å². The van der Waals surface area contributed by atoms with Crippen LogP contribution in [0.4, 0.5) is 5.00 Å². The van der Waals surface area contributed by atoms with E-state index in [0.717, 1.165) is 28.0 Å². The van der Waals surface area contributed by atoms with Crippen LogP contribution in [0.5, 0.6) is 5.75 Å². The number of aldehydes is 1. The fourth-order valence-electron chi connectivity index (χ4n) is 3.41. The highest BCUT2D eigenvalue weighted by Crippen LogP contribution is 2.41. The second kappa shape index (κ2) is 10.8. The molecule has 7 nitrogen and oxygen atoms in total. The summed E-state index contributed by atoms with van der Waals surface area (Å²) < 4.78 is 12.5. The molecule has 2 aromatic heterocycles. The SMILES string of the molecule is CCOC(=O)c1c(NC(=O)CCn2cccc2C=O)sc(C)c1-c1ccc(OCC)cc1. The van der Waals surface area contributed by atoms with Gasteiger partial charge in [-0.2, -0.15) is 0 Å². The molecule has 0 aliphatic rings. The number of aromatic nitrogens is 1. The van der Waals surface area contributed by atoms with Gasteiger partial charge in [-0.25, -0.2) is 4.79 Å². The number of nitrogens with zero attached hydrogens (tertiary/aromatic N) is 1. The summed E-state index contributed by atoms with van der Waals surface area (Å²) in [5.41, 5.74) is 2.44. The number of hydrogen-bond acceptors (Lipinski definition) is 6. The highest BCUT2D eigenvalue weighted by atomic mass is 32.1. The molecule has 0 aliphatic carbocycles. The second-order valence-electron chi connectivity index (χ2n) is 6.96. The predicted molar refractivity (Wildman–Crippen MR) is 125 cm³/mol. The molecule has 0 fully saturated rings. The van der Waals surface area contributed by atoms with Gasteiger partial charge in [0.25, 0.3) is 0 Å². The number of aryl methyl sites for hydroxylation is 2. The Labute approximate surface area is 191 Å². The molecule has 3 rings (SSSR count). The topological polar surface area (TPSA) is 86.6 Å². The summed E-state index contributed by atoms with van der Waals surface area (Å²) in [5.74, 6) is 0.0142. The number of carbonyl (C=O) groups is 3. The van der Waals surface area contributed by atoms with Crippen molar-refractivity contribution >= 4 is 34.5 Å². The van der Waals surface area contributed by atoms with E-state index in [2.05, 4.69) is 5.32 Å². The molecule has 32 heavy (non-hydrogen) atoms. The second-order valence-corrected chi connectivity index (χ2v) is 8.18. The zero-order valence-corrected chi connectivity index (χ0v) is 19.2. The fraction of sp³-hybridized carbons (Fsp3) is 0.292. The Morgan fingerprint density at radius 3 is 2.53 bits per heavy atom. The van der Waals surface area contributed by atoms with Crippen molar-refractivity contribution in [2.75, 3.05) is 18.5 Å². The van der Waals surface area contributed by atoms with Gasteiger partial charge in [-0.1, -0.05) is 12.1 Å². The van der Waals surface area contributed by atoms with Crippen LogP contribution in [0.2, 0.25) is 0 Å². The Hall–Kier alpha value is -3.39. The quantitative estimate of drug-likeness (QED) is 0.346. The summed E-state index contributed by atoms with van der Waals surface area (Å²) in [6.45, 7) is 6.72. The molecule has 168 valence electrons. The highest BCUT2D eigenvalue weighted by molar-refractivity contribution is 7.17. The summed E-state index contributed by atoms with van der Waals surface area (Å²) in [6.07, 6.45) is 2.66. The number of carbonyl (C=O) groups excluding carboxylic acids is 3. The van der Waals surface area contributed by atoms with Crippen LogP contribution in [0.3, 0.4) is 0 Å². The maximum Gasteiger partial charge on any atom is 0.341 e. The number of rotatable bonds is 10. The molecule has 2 heterocycles. The van der Waals surface area contributed by atoms with Crippen molar-refractivity contribution in [2.45, 2.75) is 33.7 Å². The third-order valence-electron chi connectivity index (χ3n) is 4.84. The van der Waals surface area contributed by atoms with E-state index in [1.54, 1.807) is 29.8 Å². The average molecular weight is 455 g/mol. The maximum absolute atomic E-state index is 12.8. The van der Waals surface area contributed by atoms with E-state index >= 15 is 0 Å². The molecule has 0 bridgehead atoms. The van der Waals surface area contributed by atoms with Gasteiger partial charge in [-0.05, 0) is 50.6 Å². The number of benzene rings is 1. The number of esters is 1. The van der Waals surface area contributed by atoms with Crippen LogP contribution in [-0.2, 0) is 16.1 Å². The Morgan fingerprint density at radius 2 is 1.88 bits per heavy atom. The van der Waals surface area contributed by atoms with Crippen molar-refractivity contribution in [2.24, 2.45) is 0 Å². The minimum atomic E-state index is -0.482. The van der Waals surface area contributed by atoms with E-state index in [-0.39, 0.29) is 18.9 Å². The van der Waals surface area contributed by atoms with Crippen molar-refractivity contribution in [3.63, 3.8) is 0 Å². The van der Waals surface area contributed by atoms with E-state index in [4.69, 9.17) is 9.47 Å². The van der Waals surface area contributed by atoms with Gasteiger partial charge >= 0.3 is 5.97 Å². The first-order valence-electron chi connectivity index (χ1n) is 10.4. The van der Waals surface area contributed by atoms with Crippen LogP contribution < -0.4 is 10.1 Å². The summed E-state index contributed by atoms with van der Waals surface area (Å²) in [6, 6.07) is 10.9. The molecule has 8 heteroatoms. The monoisotopic (exact) mass is 454 g/mol. The number of ether oxygens (including phenoxy) is 2. The lowest BCUT2D eigenvalue weighted by Crippen LogP contribution is -2.16. The van der Waals surface area contributed by atoms with Crippen molar-refractivity contribution in [1.82, 2.24) is 4.57 Å². The Morgan fingerprint density at radius 1 is 1.12 bits per heavy atom.